The highest BCUT2D eigenvalue weighted by Gasteiger charge is 2.24. The maximum absolute atomic E-state index is 12.6. The van der Waals surface area contributed by atoms with Crippen LogP contribution in [0.25, 0.3) is 10.9 Å². The molecule has 31 heavy (non-hydrogen) atoms. The molecule has 1 aliphatic carbocycles. The van der Waals surface area contributed by atoms with Crippen LogP contribution in [0.5, 0.6) is 0 Å². The Labute approximate surface area is 185 Å². The third kappa shape index (κ3) is 6.17. The molecule has 1 aromatic carbocycles. The number of hydrogen-bond acceptors (Lipinski definition) is 6. The van der Waals surface area contributed by atoms with E-state index in [0.717, 1.165) is 22.9 Å². The number of aryl methyl sites for hydroxylation is 1. The average molecular weight is 428 g/mol. The standard InChI is InChI=1S/C25H37N3O3/c1-4-22(27-20-9-7-6-8-10-20)19(16-29)15-26-24-21(25(30)31-5-2)14-18-13-17(3)11-12-23(18)28-24/h11-14,19-20,22,27,29H,4-10,15-16H2,1-3H3,(H,26,28). The molecule has 2 atom stereocenters. The molecule has 2 unspecified atom stereocenters. The third-order valence-electron chi connectivity index (χ3n) is 6.30. The summed E-state index contributed by atoms with van der Waals surface area (Å²) in [6, 6.07) is 8.60. The van der Waals surface area contributed by atoms with E-state index in [1.54, 1.807) is 6.92 Å². The Balaban J connectivity index is 1.78. The minimum Gasteiger partial charge on any atom is -0.462 e. The largest absolute Gasteiger partial charge is 0.462 e. The Kier molecular flexibility index (Phi) is 8.67. The zero-order valence-corrected chi connectivity index (χ0v) is 19.1. The lowest BCUT2D eigenvalue weighted by Gasteiger charge is -2.32. The molecule has 6 nitrogen and oxygen atoms in total. The smallest absolute Gasteiger partial charge is 0.341 e. The number of aliphatic hydroxyl groups is 1. The van der Waals surface area contributed by atoms with Crippen molar-refractivity contribution in [2.45, 2.75) is 71.4 Å². The van der Waals surface area contributed by atoms with Crippen molar-refractivity contribution in [1.82, 2.24) is 10.3 Å². The number of esters is 1. The van der Waals surface area contributed by atoms with Gasteiger partial charge in [0.1, 0.15) is 11.4 Å². The van der Waals surface area contributed by atoms with Crippen LogP contribution in [0, 0.1) is 12.8 Å². The molecule has 6 heteroatoms. The first-order chi connectivity index (χ1) is 15.0. The van der Waals surface area contributed by atoms with E-state index in [9.17, 15) is 9.90 Å². The van der Waals surface area contributed by atoms with Crippen LogP contribution in [0.4, 0.5) is 5.82 Å². The summed E-state index contributed by atoms with van der Waals surface area (Å²) >= 11 is 0. The summed E-state index contributed by atoms with van der Waals surface area (Å²) < 4.78 is 5.27. The number of anilines is 1. The second kappa shape index (κ2) is 11.4. The predicted octanol–water partition coefficient (Wildman–Crippen LogP) is 4.44. The van der Waals surface area contributed by atoms with E-state index >= 15 is 0 Å². The topological polar surface area (TPSA) is 83.5 Å². The van der Waals surface area contributed by atoms with E-state index in [-0.39, 0.29) is 24.5 Å². The maximum atomic E-state index is 12.6. The quantitative estimate of drug-likeness (QED) is 0.486. The molecule has 0 bridgehead atoms. The number of ether oxygens (including phenoxy) is 1. The van der Waals surface area contributed by atoms with Gasteiger partial charge in [-0.15, -0.1) is 0 Å². The van der Waals surface area contributed by atoms with Gasteiger partial charge in [-0.2, -0.15) is 0 Å². The number of carbonyl (C=O) groups excluding carboxylic acids is 1. The number of nitrogens with zero attached hydrogens (tertiary/aromatic N) is 1. The Bertz CT molecular complexity index is 864. The fourth-order valence-electron chi connectivity index (χ4n) is 4.52. The van der Waals surface area contributed by atoms with Crippen molar-refractivity contribution in [3.63, 3.8) is 0 Å². The van der Waals surface area contributed by atoms with Crippen molar-refractivity contribution in [3.8, 4) is 0 Å². The van der Waals surface area contributed by atoms with Gasteiger partial charge in [0.15, 0.2) is 0 Å². The SMILES string of the molecule is CCOC(=O)c1cc2cc(C)ccc2nc1NCC(CO)C(CC)NC1CCCCC1. The molecule has 3 N–H and O–H groups in total. The van der Waals surface area contributed by atoms with Gasteiger partial charge < -0.3 is 20.5 Å². The van der Waals surface area contributed by atoms with Crippen LogP contribution in [0.15, 0.2) is 24.3 Å². The van der Waals surface area contributed by atoms with Crippen molar-refractivity contribution in [2.24, 2.45) is 5.92 Å². The lowest BCUT2D eigenvalue weighted by atomic mass is 9.91. The summed E-state index contributed by atoms with van der Waals surface area (Å²) in [6.45, 7) is 6.90. The highest BCUT2D eigenvalue weighted by molar-refractivity contribution is 5.99. The van der Waals surface area contributed by atoms with Crippen LogP contribution in [-0.2, 0) is 4.74 Å². The van der Waals surface area contributed by atoms with Gasteiger partial charge in [0, 0.05) is 36.5 Å². The molecule has 0 amide bonds. The van der Waals surface area contributed by atoms with Gasteiger partial charge in [-0.3, -0.25) is 0 Å². The van der Waals surface area contributed by atoms with E-state index in [1.807, 2.05) is 31.2 Å². The first-order valence-electron chi connectivity index (χ1n) is 11.7. The van der Waals surface area contributed by atoms with Crippen LogP contribution in [0.3, 0.4) is 0 Å². The maximum Gasteiger partial charge on any atom is 0.341 e. The Morgan fingerprint density at radius 3 is 2.68 bits per heavy atom. The van der Waals surface area contributed by atoms with Gasteiger partial charge in [0.05, 0.1) is 12.1 Å². The summed E-state index contributed by atoms with van der Waals surface area (Å²) in [7, 11) is 0. The van der Waals surface area contributed by atoms with E-state index in [0.29, 0.717) is 30.6 Å². The van der Waals surface area contributed by atoms with Crippen LogP contribution in [-0.4, -0.2) is 47.9 Å². The second-order valence-electron chi connectivity index (χ2n) is 8.64. The predicted molar refractivity (Wildman–Crippen MR) is 126 cm³/mol. The molecule has 0 radical (unpaired) electrons. The molecule has 2 aromatic rings. The monoisotopic (exact) mass is 427 g/mol. The molecule has 1 fully saturated rings. The Morgan fingerprint density at radius 1 is 1.23 bits per heavy atom. The van der Waals surface area contributed by atoms with E-state index in [4.69, 9.17) is 9.72 Å². The number of pyridine rings is 1. The van der Waals surface area contributed by atoms with Gasteiger partial charge in [0.25, 0.3) is 0 Å². The Hall–Kier alpha value is -2.18. The molecule has 0 spiro atoms. The number of nitrogens with one attached hydrogen (secondary N) is 2. The average Bonchev–Trinajstić information content (AvgIpc) is 2.79. The van der Waals surface area contributed by atoms with Gasteiger partial charge in [0.2, 0.25) is 0 Å². The van der Waals surface area contributed by atoms with Gasteiger partial charge in [-0.1, -0.05) is 37.8 Å². The first-order valence-corrected chi connectivity index (χ1v) is 11.7. The van der Waals surface area contributed by atoms with Crippen molar-refractivity contribution < 1.29 is 14.6 Å². The number of aromatic nitrogens is 1. The van der Waals surface area contributed by atoms with Crippen molar-refractivity contribution in [1.29, 1.82) is 0 Å². The number of aliphatic hydroxyl groups excluding tert-OH is 1. The minimum absolute atomic E-state index is 0.0255. The molecule has 1 aromatic heterocycles. The third-order valence-corrected chi connectivity index (χ3v) is 6.30. The minimum atomic E-state index is -0.381. The van der Waals surface area contributed by atoms with Gasteiger partial charge in [-0.25, -0.2) is 9.78 Å². The number of hydrogen-bond donors (Lipinski definition) is 3. The zero-order chi connectivity index (χ0) is 22.2. The van der Waals surface area contributed by atoms with Gasteiger partial charge >= 0.3 is 5.97 Å². The summed E-state index contributed by atoms with van der Waals surface area (Å²) in [5, 5.41) is 18.1. The molecule has 1 aliphatic rings. The van der Waals surface area contributed by atoms with E-state index < -0.39 is 0 Å². The lowest BCUT2D eigenvalue weighted by molar-refractivity contribution is 0.0527. The summed E-state index contributed by atoms with van der Waals surface area (Å²) in [6.07, 6.45) is 7.24. The number of carbonyl (C=O) groups is 1. The first kappa shape index (κ1) is 23.5. The number of fused-ring (bicyclic) bond motifs is 1. The fourth-order valence-corrected chi connectivity index (χ4v) is 4.52. The molecule has 0 aliphatic heterocycles. The van der Waals surface area contributed by atoms with Crippen molar-refractivity contribution >= 4 is 22.7 Å². The van der Waals surface area contributed by atoms with Crippen LogP contribution >= 0.6 is 0 Å². The van der Waals surface area contributed by atoms with Crippen LogP contribution in [0.2, 0.25) is 0 Å². The van der Waals surface area contributed by atoms with Crippen LogP contribution in [0.1, 0.15) is 68.3 Å². The highest BCUT2D eigenvalue weighted by atomic mass is 16.5. The van der Waals surface area contributed by atoms with E-state index in [2.05, 4.69) is 17.6 Å². The molecule has 0 saturated heterocycles. The normalized spacial score (nSPS) is 16.8. The van der Waals surface area contributed by atoms with Crippen molar-refractivity contribution in [3.05, 3.63) is 35.4 Å². The molecular formula is C25H37N3O3. The molecule has 170 valence electrons. The highest BCUT2D eigenvalue weighted by Crippen LogP contribution is 2.24. The molecule has 3 rings (SSSR count). The summed E-state index contributed by atoms with van der Waals surface area (Å²) in [5.41, 5.74) is 2.38. The molecular weight excluding hydrogens is 390 g/mol. The number of benzene rings is 1. The van der Waals surface area contributed by atoms with E-state index in [1.165, 1.54) is 32.1 Å². The van der Waals surface area contributed by atoms with Crippen molar-refractivity contribution in [2.75, 3.05) is 25.1 Å². The summed E-state index contributed by atoms with van der Waals surface area (Å²) in [4.78, 5) is 17.3. The summed E-state index contributed by atoms with van der Waals surface area (Å²) in [5.74, 6) is 0.159. The second-order valence-corrected chi connectivity index (χ2v) is 8.64. The lowest BCUT2D eigenvalue weighted by Crippen LogP contribution is -2.46. The number of rotatable bonds is 10. The van der Waals surface area contributed by atoms with Crippen LogP contribution < -0.4 is 10.6 Å². The molecule has 1 saturated carbocycles. The Morgan fingerprint density at radius 2 is 2.00 bits per heavy atom. The fraction of sp³-hybridized carbons (Fsp3) is 0.600. The zero-order valence-electron chi connectivity index (χ0n) is 19.1. The van der Waals surface area contributed by atoms with Gasteiger partial charge in [-0.05, 0) is 51.3 Å². The molecule has 1 heterocycles.